The third-order valence-electron chi connectivity index (χ3n) is 0.832. The van der Waals surface area contributed by atoms with Crippen molar-refractivity contribution in [3.8, 4) is 0 Å². The van der Waals surface area contributed by atoms with Gasteiger partial charge in [-0.2, -0.15) is 0 Å². The summed E-state index contributed by atoms with van der Waals surface area (Å²) in [6.07, 6.45) is 4.52. The number of aldehydes is 1. The van der Waals surface area contributed by atoms with E-state index in [1.807, 2.05) is 0 Å². The van der Waals surface area contributed by atoms with Gasteiger partial charge in [0.1, 0.15) is 12.1 Å². The van der Waals surface area contributed by atoms with Crippen LogP contribution in [-0.4, -0.2) is 16.3 Å². The van der Waals surface area contributed by atoms with Crippen LogP contribution in [0.2, 0.25) is 0 Å². The largest absolute Gasteiger partial charge is 0.348 e. The van der Waals surface area contributed by atoms with Crippen LogP contribution in [-0.2, 0) is 11.2 Å². The quantitative estimate of drug-likeness (QED) is 0.700. The maximum Gasteiger partial charge on any atom is 0.127 e. The van der Waals surface area contributed by atoms with Crippen molar-refractivity contribution in [1.82, 2.24) is 9.97 Å². The summed E-state index contributed by atoms with van der Waals surface area (Å²) >= 11 is 0. The van der Waals surface area contributed by atoms with Crippen molar-refractivity contribution in [2.45, 2.75) is 6.42 Å². The molecule has 1 rings (SSSR count). The van der Waals surface area contributed by atoms with Crippen LogP contribution in [0, 0.1) is 0 Å². The van der Waals surface area contributed by atoms with Crippen LogP contribution in [0.1, 0.15) is 5.82 Å². The van der Waals surface area contributed by atoms with Gasteiger partial charge in [-0.25, -0.2) is 4.98 Å². The summed E-state index contributed by atoms with van der Waals surface area (Å²) in [6.45, 7) is 0. The van der Waals surface area contributed by atoms with Crippen molar-refractivity contribution in [1.29, 1.82) is 0 Å². The number of nitrogens with one attached hydrogen (secondary N) is 1. The van der Waals surface area contributed by atoms with E-state index in [1.54, 1.807) is 12.4 Å². The highest BCUT2D eigenvalue weighted by molar-refractivity contribution is 8.93. The van der Waals surface area contributed by atoms with E-state index in [0.717, 1.165) is 12.1 Å². The van der Waals surface area contributed by atoms with Crippen molar-refractivity contribution < 1.29 is 4.79 Å². The maximum absolute atomic E-state index is 9.81. The normalized spacial score (nSPS) is 8.00. The lowest BCUT2D eigenvalue weighted by molar-refractivity contribution is -0.107. The predicted octanol–water partition coefficient (Wildman–Crippen LogP) is 0.729. The molecule has 0 aliphatic heterocycles. The average molecular weight is 191 g/mol. The summed E-state index contributed by atoms with van der Waals surface area (Å²) < 4.78 is 0. The van der Waals surface area contributed by atoms with Crippen molar-refractivity contribution in [2.75, 3.05) is 0 Å². The van der Waals surface area contributed by atoms with Gasteiger partial charge in [-0.1, -0.05) is 0 Å². The first kappa shape index (κ1) is 8.36. The lowest BCUT2D eigenvalue weighted by Gasteiger charge is -1.79. The first-order valence-electron chi connectivity index (χ1n) is 2.35. The van der Waals surface area contributed by atoms with E-state index < -0.39 is 0 Å². The molecule has 0 spiro atoms. The molecule has 0 atom stereocenters. The van der Waals surface area contributed by atoms with Crippen LogP contribution in [0.5, 0.6) is 0 Å². The van der Waals surface area contributed by atoms with Crippen molar-refractivity contribution in [3.05, 3.63) is 18.2 Å². The van der Waals surface area contributed by atoms with Crippen molar-refractivity contribution in [2.24, 2.45) is 0 Å². The van der Waals surface area contributed by atoms with Gasteiger partial charge < -0.3 is 9.78 Å². The summed E-state index contributed by atoms with van der Waals surface area (Å²) in [7, 11) is 0. The topological polar surface area (TPSA) is 45.8 Å². The van der Waals surface area contributed by atoms with E-state index in [4.69, 9.17) is 0 Å². The molecule has 0 bridgehead atoms. The summed E-state index contributed by atoms with van der Waals surface area (Å²) in [5.74, 6) is 0.722. The predicted molar refractivity (Wildman–Crippen MR) is 38.7 cm³/mol. The van der Waals surface area contributed by atoms with Crippen molar-refractivity contribution >= 4 is 23.3 Å². The minimum atomic E-state index is 0. The van der Waals surface area contributed by atoms with Crippen LogP contribution in [0.4, 0.5) is 0 Å². The third-order valence-corrected chi connectivity index (χ3v) is 0.832. The molecule has 0 saturated carbocycles. The molecule has 1 aromatic heterocycles. The monoisotopic (exact) mass is 190 g/mol. The second-order valence-corrected chi connectivity index (χ2v) is 1.41. The van der Waals surface area contributed by atoms with Gasteiger partial charge in [-0.15, -0.1) is 17.0 Å². The highest BCUT2D eigenvalue weighted by atomic mass is 79.9. The molecule has 0 aromatic carbocycles. The fraction of sp³-hybridized carbons (Fsp3) is 0.200. The fourth-order valence-corrected chi connectivity index (χ4v) is 0.489. The SMILES string of the molecule is Br.O=CCc1ncc[nH]1. The van der Waals surface area contributed by atoms with Gasteiger partial charge in [0.2, 0.25) is 0 Å². The smallest absolute Gasteiger partial charge is 0.127 e. The molecule has 4 heteroatoms. The summed E-state index contributed by atoms with van der Waals surface area (Å²) in [4.78, 5) is 16.4. The van der Waals surface area contributed by atoms with Gasteiger partial charge in [0, 0.05) is 12.4 Å². The summed E-state index contributed by atoms with van der Waals surface area (Å²) in [5, 5.41) is 0. The standard InChI is InChI=1S/C5H6N2O.BrH/c8-4-1-5-6-2-3-7-5;/h2-4H,1H2,(H,6,7);1H. The number of H-pyrrole nitrogens is 1. The Morgan fingerprint density at radius 2 is 2.56 bits per heavy atom. The molecule has 0 saturated heterocycles. The summed E-state index contributed by atoms with van der Waals surface area (Å²) in [6, 6.07) is 0. The zero-order chi connectivity index (χ0) is 5.82. The lowest BCUT2D eigenvalue weighted by Crippen LogP contribution is -1.86. The average Bonchev–Trinajstić information content (AvgIpc) is 2.19. The Balaban J connectivity index is 0.000000640. The van der Waals surface area contributed by atoms with Gasteiger partial charge >= 0.3 is 0 Å². The molecule has 1 aromatic rings. The Labute approximate surface area is 63.3 Å². The highest BCUT2D eigenvalue weighted by Crippen LogP contribution is 1.84. The molecule has 0 aliphatic rings. The highest BCUT2D eigenvalue weighted by Gasteiger charge is 1.87. The lowest BCUT2D eigenvalue weighted by atomic mass is 10.5. The van der Waals surface area contributed by atoms with E-state index in [1.165, 1.54) is 0 Å². The van der Waals surface area contributed by atoms with E-state index in [2.05, 4.69) is 9.97 Å². The number of rotatable bonds is 2. The third kappa shape index (κ3) is 2.41. The minimum Gasteiger partial charge on any atom is -0.348 e. The van der Waals surface area contributed by atoms with E-state index in [-0.39, 0.29) is 17.0 Å². The Bertz CT molecular complexity index is 161. The molecule has 50 valence electrons. The van der Waals surface area contributed by atoms with Crippen LogP contribution >= 0.6 is 17.0 Å². The molecule has 0 aliphatic carbocycles. The number of nitrogens with zero attached hydrogens (tertiary/aromatic N) is 1. The first-order chi connectivity index (χ1) is 3.93. The molecule has 0 fully saturated rings. The zero-order valence-corrected chi connectivity index (χ0v) is 6.42. The first-order valence-corrected chi connectivity index (χ1v) is 2.35. The number of halogens is 1. The van der Waals surface area contributed by atoms with Gasteiger partial charge in [0.05, 0.1) is 6.42 Å². The van der Waals surface area contributed by atoms with Gasteiger partial charge in [0.15, 0.2) is 0 Å². The number of imidazole rings is 1. The van der Waals surface area contributed by atoms with E-state index in [9.17, 15) is 4.79 Å². The van der Waals surface area contributed by atoms with E-state index >= 15 is 0 Å². The fourth-order valence-electron chi connectivity index (χ4n) is 0.489. The molecule has 0 unspecified atom stereocenters. The second-order valence-electron chi connectivity index (χ2n) is 1.41. The minimum absolute atomic E-state index is 0. The molecular formula is C5H7BrN2O. The molecule has 1 N–H and O–H groups in total. The number of hydrogen-bond donors (Lipinski definition) is 1. The van der Waals surface area contributed by atoms with E-state index in [0.29, 0.717) is 6.42 Å². The molecule has 0 radical (unpaired) electrons. The molecule has 3 nitrogen and oxygen atoms in total. The molecule has 0 amide bonds. The number of hydrogen-bond acceptors (Lipinski definition) is 2. The molecule has 1 heterocycles. The van der Waals surface area contributed by atoms with Crippen LogP contribution < -0.4 is 0 Å². The number of carbonyl (C=O) groups excluding carboxylic acids is 1. The van der Waals surface area contributed by atoms with Crippen LogP contribution in [0.25, 0.3) is 0 Å². The Morgan fingerprint density at radius 1 is 1.78 bits per heavy atom. The molecule has 9 heavy (non-hydrogen) atoms. The Hall–Kier alpha value is -0.640. The number of carbonyl (C=O) groups is 1. The second kappa shape index (κ2) is 4.26. The molecular weight excluding hydrogens is 184 g/mol. The van der Waals surface area contributed by atoms with Gasteiger partial charge in [-0.3, -0.25) is 0 Å². The van der Waals surface area contributed by atoms with Crippen LogP contribution in [0.15, 0.2) is 12.4 Å². The zero-order valence-electron chi connectivity index (χ0n) is 4.70. The van der Waals surface area contributed by atoms with Crippen LogP contribution in [0.3, 0.4) is 0 Å². The Morgan fingerprint density at radius 3 is 3.00 bits per heavy atom. The maximum atomic E-state index is 9.81. The Kier molecular flexibility index (Phi) is 3.96. The number of aromatic nitrogens is 2. The van der Waals surface area contributed by atoms with Gasteiger partial charge in [0.25, 0.3) is 0 Å². The summed E-state index contributed by atoms with van der Waals surface area (Å²) in [5.41, 5.74) is 0. The number of aromatic amines is 1. The van der Waals surface area contributed by atoms with Gasteiger partial charge in [-0.05, 0) is 0 Å². The van der Waals surface area contributed by atoms with Crippen molar-refractivity contribution in [3.63, 3.8) is 0 Å².